The van der Waals surface area contributed by atoms with Crippen LogP contribution >= 0.6 is 0 Å². The highest BCUT2D eigenvalue weighted by atomic mass is 16.2. The first-order valence-electron chi connectivity index (χ1n) is 12.2. The third-order valence-corrected chi connectivity index (χ3v) is 6.69. The molecule has 0 radical (unpaired) electrons. The van der Waals surface area contributed by atoms with Gasteiger partial charge in [-0.15, -0.1) is 0 Å². The zero-order valence-corrected chi connectivity index (χ0v) is 20.0. The molecule has 0 aliphatic carbocycles. The van der Waals surface area contributed by atoms with Crippen LogP contribution in [0.3, 0.4) is 0 Å². The van der Waals surface area contributed by atoms with Crippen molar-refractivity contribution >= 4 is 40.1 Å². The molecule has 2 aliphatic rings. The molecule has 1 saturated heterocycles. The van der Waals surface area contributed by atoms with Crippen molar-refractivity contribution in [3.8, 4) is 0 Å². The summed E-state index contributed by atoms with van der Waals surface area (Å²) in [6.07, 6.45) is 3.58. The van der Waals surface area contributed by atoms with Gasteiger partial charge in [0.1, 0.15) is 0 Å². The van der Waals surface area contributed by atoms with Gasteiger partial charge in [-0.25, -0.2) is 0 Å². The minimum atomic E-state index is -0.128. The lowest BCUT2D eigenvalue weighted by atomic mass is 10.00. The van der Waals surface area contributed by atoms with E-state index in [9.17, 15) is 9.59 Å². The molecule has 2 heterocycles. The standard InChI is InChI=1S/C29H30N4O2/c1-32(26(34)20-33-18-8-3-9-19-33)23-16-14-22(15-17-23)30-28(21-10-4-2-5-11-21)27-24-12-6-7-13-25(24)31-29(27)35/h2,4-7,10-17,30H,3,8-9,18-20H2,1H3,(H,31,35)/b28-27-. The molecular weight excluding hydrogens is 436 g/mol. The summed E-state index contributed by atoms with van der Waals surface area (Å²) < 4.78 is 0. The summed E-state index contributed by atoms with van der Waals surface area (Å²) in [6.45, 7) is 2.45. The number of amides is 2. The molecule has 3 aromatic carbocycles. The average Bonchev–Trinajstić information content (AvgIpc) is 3.23. The van der Waals surface area contributed by atoms with Crippen molar-refractivity contribution in [3.63, 3.8) is 0 Å². The predicted molar refractivity (Wildman–Crippen MR) is 142 cm³/mol. The first-order chi connectivity index (χ1) is 17.1. The molecule has 6 nitrogen and oxygen atoms in total. The van der Waals surface area contributed by atoms with E-state index in [4.69, 9.17) is 0 Å². The first kappa shape index (κ1) is 22.9. The van der Waals surface area contributed by atoms with E-state index in [1.54, 1.807) is 4.90 Å². The fourth-order valence-electron chi connectivity index (χ4n) is 4.72. The van der Waals surface area contributed by atoms with Crippen LogP contribution in [0.1, 0.15) is 30.4 Å². The molecule has 0 aromatic heterocycles. The van der Waals surface area contributed by atoms with Crippen LogP contribution in [0.2, 0.25) is 0 Å². The Labute approximate surface area is 206 Å². The average molecular weight is 467 g/mol. The number of hydrogen-bond acceptors (Lipinski definition) is 4. The van der Waals surface area contributed by atoms with E-state index in [0.717, 1.165) is 47.0 Å². The van der Waals surface area contributed by atoms with Gasteiger partial charge in [-0.3, -0.25) is 14.5 Å². The van der Waals surface area contributed by atoms with Crippen LogP contribution < -0.4 is 15.5 Å². The van der Waals surface area contributed by atoms with Gasteiger partial charge in [0.15, 0.2) is 0 Å². The highest BCUT2D eigenvalue weighted by Crippen LogP contribution is 2.37. The summed E-state index contributed by atoms with van der Waals surface area (Å²) in [5.41, 5.74) is 5.66. The summed E-state index contributed by atoms with van der Waals surface area (Å²) in [5.74, 6) is -0.0313. The van der Waals surface area contributed by atoms with Crippen molar-refractivity contribution in [1.29, 1.82) is 0 Å². The van der Waals surface area contributed by atoms with E-state index < -0.39 is 0 Å². The molecular formula is C29H30N4O2. The topological polar surface area (TPSA) is 64.7 Å². The number of piperidine rings is 1. The number of fused-ring (bicyclic) bond motifs is 1. The van der Waals surface area contributed by atoms with Gasteiger partial charge in [-0.1, -0.05) is 55.0 Å². The molecule has 35 heavy (non-hydrogen) atoms. The van der Waals surface area contributed by atoms with Crippen LogP contribution in [0.4, 0.5) is 17.1 Å². The van der Waals surface area contributed by atoms with Crippen LogP contribution in [0.5, 0.6) is 0 Å². The molecule has 5 rings (SSSR count). The fraction of sp³-hybridized carbons (Fsp3) is 0.241. The number of likely N-dealkylation sites (tertiary alicyclic amines) is 1. The third kappa shape index (κ3) is 4.98. The molecule has 0 saturated carbocycles. The van der Waals surface area contributed by atoms with Crippen LogP contribution in [0.25, 0.3) is 11.3 Å². The number of hydrogen-bond donors (Lipinski definition) is 2. The lowest BCUT2D eigenvalue weighted by molar-refractivity contribution is -0.119. The van der Waals surface area contributed by atoms with Crippen LogP contribution in [-0.2, 0) is 9.59 Å². The predicted octanol–water partition coefficient (Wildman–Crippen LogP) is 5.07. The van der Waals surface area contributed by atoms with Gasteiger partial charge >= 0.3 is 0 Å². The largest absolute Gasteiger partial charge is 0.354 e. The Balaban J connectivity index is 1.39. The van der Waals surface area contributed by atoms with Crippen molar-refractivity contribution in [2.24, 2.45) is 0 Å². The van der Waals surface area contributed by atoms with Gasteiger partial charge in [0.25, 0.3) is 5.91 Å². The monoisotopic (exact) mass is 466 g/mol. The Hall–Kier alpha value is -3.90. The molecule has 3 aromatic rings. The van der Waals surface area contributed by atoms with Crippen LogP contribution in [-0.4, -0.2) is 43.4 Å². The number of anilines is 3. The van der Waals surface area contributed by atoms with Crippen LogP contribution in [0.15, 0.2) is 78.9 Å². The quantitative estimate of drug-likeness (QED) is 0.498. The number of carbonyl (C=O) groups excluding carboxylic acids is 2. The van der Waals surface area contributed by atoms with Gasteiger partial charge in [-0.2, -0.15) is 0 Å². The van der Waals surface area contributed by atoms with Crippen molar-refractivity contribution in [3.05, 3.63) is 90.0 Å². The van der Waals surface area contributed by atoms with Crippen molar-refractivity contribution in [2.75, 3.05) is 42.2 Å². The highest BCUT2D eigenvalue weighted by Gasteiger charge is 2.28. The zero-order valence-electron chi connectivity index (χ0n) is 20.0. The Morgan fingerprint density at radius 3 is 2.34 bits per heavy atom. The summed E-state index contributed by atoms with van der Waals surface area (Å²) in [4.78, 5) is 29.7. The van der Waals surface area contributed by atoms with Gasteiger partial charge < -0.3 is 15.5 Å². The zero-order chi connectivity index (χ0) is 24.2. The van der Waals surface area contributed by atoms with Gasteiger partial charge in [0.05, 0.1) is 17.8 Å². The summed E-state index contributed by atoms with van der Waals surface area (Å²) in [6, 6.07) is 25.4. The maximum Gasteiger partial charge on any atom is 0.258 e. The number of rotatable bonds is 6. The summed E-state index contributed by atoms with van der Waals surface area (Å²) >= 11 is 0. The molecule has 0 unspecified atom stereocenters. The van der Waals surface area contributed by atoms with Gasteiger partial charge in [0, 0.05) is 29.7 Å². The third-order valence-electron chi connectivity index (χ3n) is 6.69. The van der Waals surface area contributed by atoms with Crippen molar-refractivity contribution in [2.45, 2.75) is 19.3 Å². The minimum Gasteiger partial charge on any atom is -0.354 e. The molecule has 0 atom stereocenters. The Bertz CT molecular complexity index is 1250. The Morgan fingerprint density at radius 1 is 0.914 bits per heavy atom. The lowest BCUT2D eigenvalue weighted by Crippen LogP contribution is -2.40. The molecule has 0 spiro atoms. The molecule has 6 heteroatoms. The van der Waals surface area contributed by atoms with E-state index in [1.807, 2.05) is 85.9 Å². The Morgan fingerprint density at radius 2 is 1.60 bits per heavy atom. The van der Waals surface area contributed by atoms with Crippen LogP contribution in [0, 0.1) is 0 Å². The lowest BCUT2D eigenvalue weighted by Gasteiger charge is -2.28. The van der Waals surface area contributed by atoms with Crippen molar-refractivity contribution < 1.29 is 9.59 Å². The molecule has 0 bridgehead atoms. The molecule has 2 amide bonds. The number of benzene rings is 3. The maximum absolute atomic E-state index is 13.0. The normalized spacial score (nSPS) is 16.9. The second-order valence-electron chi connectivity index (χ2n) is 9.08. The molecule has 2 aliphatic heterocycles. The molecule has 2 N–H and O–H groups in total. The van der Waals surface area contributed by atoms with E-state index in [2.05, 4.69) is 15.5 Å². The smallest absolute Gasteiger partial charge is 0.258 e. The first-order valence-corrected chi connectivity index (χ1v) is 12.2. The van der Waals surface area contributed by atoms with E-state index in [0.29, 0.717) is 12.1 Å². The van der Waals surface area contributed by atoms with E-state index in [1.165, 1.54) is 19.3 Å². The number of carbonyl (C=O) groups is 2. The highest BCUT2D eigenvalue weighted by molar-refractivity contribution is 6.37. The Kier molecular flexibility index (Phi) is 6.64. The summed E-state index contributed by atoms with van der Waals surface area (Å²) in [5, 5.41) is 6.45. The fourth-order valence-corrected chi connectivity index (χ4v) is 4.72. The SMILES string of the molecule is CN(C(=O)CN1CCCCC1)c1ccc(N/C(=C2\C(=O)Nc3ccccc32)c2ccccc2)cc1. The van der Waals surface area contributed by atoms with Gasteiger partial charge in [-0.05, 0) is 61.8 Å². The second-order valence-corrected chi connectivity index (χ2v) is 9.08. The molecule has 178 valence electrons. The number of nitrogens with one attached hydrogen (secondary N) is 2. The van der Waals surface area contributed by atoms with Gasteiger partial charge in [0.2, 0.25) is 5.91 Å². The molecule has 1 fully saturated rings. The van der Waals surface area contributed by atoms with E-state index >= 15 is 0 Å². The van der Waals surface area contributed by atoms with Crippen molar-refractivity contribution in [1.82, 2.24) is 4.90 Å². The maximum atomic E-state index is 13.0. The summed E-state index contributed by atoms with van der Waals surface area (Å²) in [7, 11) is 1.83. The number of likely N-dealkylation sites (N-methyl/N-ethyl adjacent to an activating group) is 1. The number of nitrogens with zero attached hydrogens (tertiary/aromatic N) is 2. The number of para-hydroxylation sites is 1. The second kappa shape index (κ2) is 10.2. The minimum absolute atomic E-state index is 0.0962. The van der Waals surface area contributed by atoms with E-state index in [-0.39, 0.29) is 11.8 Å².